The third kappa shape index (κ3) is 5.20. The first-order chi connectivity index (χ1) is 12.6. The summed E-state index contributed by atoms with van der Waals surface area (Å²) < 4.78 is 0. The van der Waals surface area contributed by atoms with Gasteiger partial charge < -0.3 is 15.1 Å². The lowest BCUT2D eigenvalue weighted by molar-refractivity contribution is -0.127. The molecule has 0 aliphatic carbocycles. The van der Waals surface area contributed by atoms with Gasteiger partial charge in [-0.25, -0.2) is 4.99 Å². The van der Waals surface area contributed by atoms with Gasteiger partial charge >= 0.3 is 0 Å². The molecule has 3 heterocycles. The number of rotatable bonds is 6. The second-order valence-corrected chi connectivity index (χ2v) is 8.35. The van der Waals surface area contributed by atoms with E-state index in [1.807, 2.05) is 0 Å². The van der Waals surface area contributed by atoms with Crippen molar-refractivity contribution >= 4 is 23.2 Å². The first kappa shape index (κ1) is 19.2. The lowest BCUT2D eigenvalue weighted by atomic mass is 10.2. The van der Waals surface area contributed by atoms with Crippen molar-refractivity contribution < 1.29 is 4.79 Å². The first-order valence-electron chi connectivity index (χ1n) is 9.63. The number of hydrogen-bond donors (Lipinski definition) is 1. The van der Waals surface area contributed by atoms with Crippen LogP contribution < -0.4 is 5.32 Å². The smallest absolute Gasteiger partial charge is 0.243 e. The lowest BCUT2D eigenvalue weighted by Gasteiger charge is -2.25. The van der Waals surface area contributed by atoms with Gasteiger partial charge in [-0.1, -0.05) is 6.07 Å². The molecular formula is C19H31N5OS. The molecule has 0 spiro atoms. The molecule has 3 rings (SSSR count). The molecule has 6 nitrogen and oxygen atoms in total. The highest BCUT2D eigenvalue weighted by Crippen LogP contribution is 2.20. The van der Waals surface area contributed by atoms with Gasteiger partial charge in [0.2, 0.25) is 5.91 Å². The Morgan fingerprint density at radius 2 is 2.15 bits per heavy atom. The highest BCUT2D eigenvalue weighted by atomic mass is 32.1. The molecule has 144 valence electrons. The highest BCUT2D eigenvalue weighted by molar-refractivity contribution is 7.09. The van der Waals surface area contributed by atoms with Crippen LogP contribution in [0.15, 0.2) is 22.5 Å². The molecule has 1 atom stereocenters. The zero-order valence-corrected chi connectivity index (χ0v) is 16.8. The summed E-state index contributed by atoms with van der Waals surface area (Å²) in [5.74, 6) is 0.927. The van der Waals surface area contributed by atoms with Crippen LogP contribution in [0.1, 0.15) is 24.1 Å². The third-order valence-corrected chi connectivity index (χ3v) is 6.15. The molecule has 2 fully saturated rings. The molecule has 1 unspecified atom stereocenters. The minimum Gasteiger partial charge on any atom is -0.356 e. The second-order valence-electron chi connectivity index (χ2n) is 7.32. The van der Waals surface area contributed by atoms with Crippen molar-refractivity contribution in [3.05, 3.63) is 22.4 Å². The van der Waals surface area contributed by atoms with Crippen LogP contribution in [0.2, 0.25) is 0 Å². The summed E-state index contributed by atoms with van der Waals surface area (Å²) >= 11 is 1.79. The molecule has 2 aliphatic heterocycles. The van der Waals surface area contributed by atoms with Crippen LogP contribution in [0, 0.1) is 0 Å². The Kier molecular flexibility index (Phi) is 6.91. The van der Waals surface area contributed by atoms with E-state index < -0.39 is 0 Å². The molecule has 0 radical (unpaired) electrons. The quantitative estimate of drug-likeness (QED) is 0.603. The fourth-order valence-corrected chi connectivity index (χ4v) is 4.35. The van der Waals surface area contributed by atoms with Gasteiger partial charge in [0.25, 0.3) is 0 Å². The summed E-state index contributed by atoms with van der Waals surface area (Å²) in [4.78, 5) is 24.5. The number of carbonyl (C=O) groups is 1. The predicted octanol–water partition coefficient (Wildman–Crippen LogP) is 1.49. The molecule has 0 aromatic carbocycles. The fraction of sp³-hybridized carbons (Fsp3) is 0.684. The molecule has 1 N–H and O–H groups in total. The van der Waals surface area contributed by atoms with Crippen LogP contribution in [0.5, 0.6) is 0 Å². The van der Waals surface area contributed by atoms with E-state index in [-0.39, 0.29) is 12.5 Å². The Hall–Kier alpha value is -1.60. The van der Waals surface area contributed by atoms with E-state index >= 15 is 0 Å². The van der Waals surface area contributed by atoms with Crippen molar-refractivity contribution in [2.75, 3.05) is 53.4 Å². The van der Waals surface area contributed by atoms with E-state index in [0.29, 0.717) is 6.04 Å². The van der Waals surface area contributed by atoms with Gasteiger partial charge in [0.05, 0.1) is 0 Å². The number of amides is 1. The zero-order valence-electron chi connectivity index (χ0n) is 16.0. The topological polar surface area (TPSA) is 51.2 Å². The molecule has 0 bridgehead atoms. The number of hydrogen-bond acceptors (Lipinski definition) is 4. The summed E-state index contributed by atoms with van der Waals surface area (Å²) in [5.41, 5.74) is 0. The summed E-state index contributed by atoms with van der Waals surface area (Å²) in [6.07, 6.45) is 4.83. The number of guanidine groups is 1. The van der Waals surface area contributed by atoms with Crippen LogP contribution in [0.3, 0.4) is 0 Å². The van der Waals surface area contributed by atoms with Crippen LogP contribution >= 0.6 is 11.3 Å². The maximum Gasteiger partial charge on any atom is 0.243 e. The van der Waals surface area contributed by atoms with E-state index in [0.717, 1.165) is 32.0 Å². The Labute approximate surface area is 160 Å². The van der Waals surface area contributed by atoms with Crippen molar-refractivity contribution in [3.63, 3.8) is 0 Å². The number of aliphatic imine (C=N–C) groups is 1. The summed E-state index contributed by atoms with van der Waals surface area (Å²) in [6.45, 7) is 5.55. The summed E-state index contributed by atoms with van der Waals surface area (Å²) in [7, 11) is 3.56. The van der Waals surface area contributed by atoms with Crippen molar-refractivity contribution in [1.29, 1.82) is 0 Å². The van der Waals surface area contributed by atoms with Gasteiger partial charge in [0, 0.05) is 44.6 Å². The Bertz CT molecular complexity index is 595. The number of nitrogens with one attached hydrogen (secondary N) is 1. The molecule has 26 heavy (non-hydrogen) atoms. The minimum atomic E-state index is 0.0397. The molecular weight excluding hydrogens is 346 g/mol. The molecule has 7 heteroatoms. The monoisotopic (exact) mass is 377 g/mol. The number of thiophene rings is 1. The molecule has 1 amide bonds. The Morgan fingerprint density at radius 3 is 2.85 bits per heavy atom. The third-order valence-electron chi connectivity index (χ3n) is 5.22. The molecule has 2 aliphatic rings. The lowest BCUT2D eigenvalue weighted by Crippen LogP contribution is -2.43. The zero-order chi connectivity index (χ0) is 18.4. The maximum atomic E-state index is 12.0. The Balaban J connectivity index is 1.58. The average Bonchev–Trinajstić information content (AvgIpc) is 3.39. The maximum absolute atomic E-state index is 12.0. The molecule has 1 aromatic rings. The van der Waals surface area contributed by atoms with E-state index in [1.54, 1.807) is 30.3 Å². The van der Waals surface area contributed by atoms with Crippen LogP contribution in [-0.4, -0.2) is 86.0 Å². The van der Waals surface area contributed by atoms with Crippen LogP contribution in [-0.2, 0) is 11.2 Å². The van der Waals surface area contributed by atoms with Gasteiger partial charge in [0.15, 0.2) is 5.96 Å². The van der Waals surface area contributed by atoms with E-state index in [1.165, 1.54) is 37.2 Å². The standard InChI is InChI=1S/C19H31N5OS/c1-22(2)18(25)14-21-19(20-9-7-17-6-5-13-26-17)24-12-8-16(15-24)23-10-3-4-11-23/h5-6,13,16H,3-4,7-12,14-15H2,1-2H3,(H,20,21). The minimum absolute atomic E-state index is 0.0397. The van der Waals surface area contributed by atoms with Crippen molar-refractivity contribution in [3.8, 4) is 0 Å². The molecule has 0 saturated carbocycles. The predicted molar refractivity (Wildman–Crippen MR) is 108 cm³/mol. The van der Waals surface area contributed by atoms with E-state index in [2.05, 4.69) is 37.6 Å². The highest BCUT2D eigenvalue weighted by Gasteiger charge is 2.30. The number of likely N-dealkylation sites (tertiary alicyclic amines) is 2. The normalized spacial score (nSPS) is 21.4. The van der Waals surface area contributed by atoms with E-state index in [9.17, 15) is 4.79 Å². The van der Waals surface area contributed by atoms with Crippen LogP contribution in [0.25, 0.3) is 0 Å². The van der Waals surface area contributed by atoms with Crippen LogP contribution in [0.4, 0.5) is 0 Å². The van der Waals surface area contributed by atoms with E-state index in [4.69, 9.17) is 0 Å². The van der Waals surface area contributed by atoms with Gasteiger partial charge in [-0.2, -0.15) is 0 Å². The molecule has 1 aromatic heterocycles. The Morgan fingerprint density at radius 1 is 1.35 bits per heavy atom. The van der Waals surface area contributed by atoms with Crippen molar-refractivity contribution in [2.45, 2.75) is 31.7 Å². The average molecular weight is 378 g/mol. The van der Waals surface area contributed by atoms with Crippen molar-refractivity contribution in [1.82, 2.24) is 20.0 Å². The largest absolute Gasteiger partial charge is 0.356 e. The van der Waals surface area contributed by atoms with Gasteiger partial charge in [-0.3, -0.25) is 9.69 Å². The number of carbonyl (C=O) groups excluding carboxylic acids is 1. The summed E-state index contributed by atoms with van der Waals surface area (Å²) in [5, 5.41) is 5.61. The van der Waals surface area contributed by atoms with Gasteiger partial charge in [-0.05, 0) is 50.2 Å². The van der Waals surface area contributed by atoms with Crippen molar-refractivity contribution in [2.24, 2.45) is 4.99 Å². The number of nitrogens with zero attached hydrogens (tertiary/aromatic N) is 4. The van der Waals surface area contributed by atoms with Gasteiger partial charge in [-0.15, -0.1) is 11.3 Å². The SMILES string of the molecule is CN(C)C(=O)CN=C(NCCc1cccs1)N1CCC(N2CCCC2)C1. The molecule has 2 saturated heterocycles. The van der Waals surface area contributed by atoms with Gasteiger partial charge in [0.1, 0.15) is 6.54 Å². The summed E-state index contributed by atoms with van der Waals surface area (Å²) in [6, 6.07) is 4.88. The number of likely N-dealkylation sites (N-methyl/N-ethyl adjacent to an activating group) is 1. The second kappa shape index (κ2) is 9.37. The first-order valence-corrected chi connectivity index (χ1v) is 10.5. The fourth-order valence-electron chi connectivity index (χ4n) is 3.64.